The van der Waals surface area contributed by atoms with Crippen molar-refractivity contribution < 1.29 is 38.7 Å². The summed E-state index contributed by atoms with van der Waals surface area (Å²) >= 11 is 0. The van der Waals surface area contributed by atoms with Gasteiger partial charge < -0.3 is 29.2 Å². The summed E-state index contributed by atoms with van der Waals surface area (Å²) in [4.78, 5) is 26.2. The van der Waals surface area contributed by atoms with E-state index in [1.807, 2.05) is 0 Å². The van der Waals surface area contributed by atoms with Crippen molar-refractivity contribution in [1.82, 2.24) is 0 Å². The first-order valence-corrected chi connectivity index (χ1v) is 10.8. The van der Waals surface area contributed by atoms with Crippen LogP contribution in [-0.2, 0) is 0 Å². The second-order valence-electron chi connectivity index (χ2n) is 7.45. The molecule has 0 unspecified atom stereocenters. The Morgan fingerprint density at radius 1 is 0.722 bits per heavy atom. The predicted molar refractivity (Wildman–Crippen MR) is 135 cm³/mol. The van der Waals surface area contributed by atoms with Gasteiger partial charge in [0.25, 0.3) is 0 Å². The highest BCUT2D eigenvalue weighted by molar-refractivity contribution is 6.17. The Morgan fingerprint density at radius 3 is 1.89 bits per heavy atom. The number of hydrogen-bond acceptors (Lipinski definition) is 8. The number of ketones is 2. The zero-order valence-electron chi connectivity index (χ0n) is 20.3. The normalized spacial score (nSPS) is 11.3. The smallest absolute Gasteiger partial charge is 0.197 e. The van der Waals surface area contributed by atoms with E-state index >= 15 is 0 Å². The molecule has 0 atom stereocenters. The minimum absolute atomic E-state index is 0.0131. The van der Waals surface area contributed by atoms with E-state index in [0.717, 1.165) is 6.08 Å². The molecule has 0 aliphatic carbocycles. The van der Waals surface area contributed by atoms with Gasteiger partial charge in [0.05, 0.1) is 28.4 Å². The first kappa shape index (κ1) is 25.9. The molecule has 0 saturated heterocycles. The lowest BCUT2D eigenvalue weighted by molar-refractivity contribution is 0.103. The molecule has 3 rings (SSSR count). The summed E-state index contributed by atoms with van der Waals surface area (Å²) in [6.07, 6.45) is 3.71. The molecule has 0 saturated carbocycles. The number of aromatic hydroxyl groups is 1. The Labute approximate surface area is 208 Å². The van der Waals surface area contributed by atoms with E-state index < -0.39 is 17.3 Å². The summed E-state index contributed by atoms with van der Waals surface area (Å²) in [5.74, 6) is -1.31. The monoisotopic (exact) mass is 490 g/mol. The van der Waals surface area contributed by atoms with Gasteiger partial charge in [-0.05, 0) is 23.8 Å². The van der Waals surface area contributed by atoms with Crippen LogP contribution in [0.4, 0.5) is 0 Å². The van der Waals surface area contributed by atoms with Gasteiger partial charge in [-0.2, -0.15) is 0 Å². The zero-order valence-corrected chi connectivity index (χ0v) is 20.3. The molecule has 8 nitrogen and oxygen atoms in total. The highest BCUT2D eigenvalue weighted by Gasteiger charge is 2.26. The minimum Gasteiger partial charge on any atom is -0.507 e. The SMILES string of the molecule is COc1ccc(/C=C/C(=O)c2c(OC)cc(OC)c(C(=O)/C=C(\O)c3ccccc3)c2O)cc1OC. The standard InChI is InChI=1S/C28H26O8/c1-33-22-13-11-17(14-23(22)34-2)10-12-19(29)26-24(35-3)16-25(36-4)27(28(26)32)21(31)15-20(30)18-8-6-5-7-9-18/h5-16,30,32H,1-4H3/b12-10+,20-15-. The van der Waals surface area contributed by atoms with Crippen LogP contribution in [0.2, 0.25) is 0 Å². The van der Waals surface area contributed by atoms with Crippen molar-refractivity contribution in [1.29, 1.82) is 0 Å². The fourth-order valence-corrected chi connectivity index (χ4v) is 3.52. The molecular weight excluding hydrogens is 464 g/mol. The molecule has 0 fully saturated rings. The number of benzene rings is 3. The van der Waals surface area contributed by atoms with Crippen LogP contribution in [0.25, 0.3) is 11.8 Å². The third-order valence-electron chi connectivity index (χ3n) is 5.33. The van der Waals surface area contributed by atoms with Crippen molar-refractivity contribution in [3.63, 3.8) is 0 Å². The van der Waals surface area contributed by atoms with Gasteiger partial charge in [-0.15, -0.1) is 0 Å². The van der Waals surface area contributed by atoms with E-state index in [1.165, 1.54) is 46.7 Å². The number of carbonyl (C=O) groups is 2. The molecule has 3 aromatic rings. The van der Waals surface area contributed by atoms with Crippen molar-refractivity contribution in [2.75, 3.05) is 28.4 Å². The Balaban J connectivity index is 2.03. The average Bonchev–Trinajstić information content (AvgIpc) is 2.90. The van der Waals surface area contributed by atoms with Crippen molar-refractivity contribution in [2.45, 2.75) is 0 Å². The lowest BCUT2D eigenvalue weighted by atomic mass is 9.98. The van der Waals surface area contributed by atoms with Crippen molar-refractivity contribution in [3.8, 4) is 28.7 Å². The minimum atomic E-state index is -0.758. The van der Waals surface area contributed by atoms with Crippen LogP contribution in [-0.4, -0.2) is 50.2 Å². The number of rotatable bonds is 10. The summed E-state index contributed by atoms with van der Waals surface area (Å²) in [5.41, 5.74) is 0.529. The van der Waals surface area contributed by atoms with Crippen LogP contribution in [0.5, 0.6) is 28.7 Å². The summed E-state index contributed by atoms with van der Waals surface area (Å²) < 4.78 is 21.0. The first-order chi connectivity index (χ1) is 17.3. The molecule has 0 heterocycles. The zero-order chi connectivity index (χ0) is 26.2. The number of allylic oxidation sites excluding steroid dienone is 2. The number of phenolic OH excluding ortho intramolecular Hbond substituents is 1. The third-order valence-corrected chi connectivity index (χ3v) is 5.33. The summed E-state index contributed by atoms with van der Waals surface area (Å²) in [6, 6.07) is 14.9. The molecule has 2 N–H and O–H groups in total. The predicted octanol–water partition coefficient (Wildman–Crippen LogP) is 5.10. The Bertz CT molecular complexity index is 1320. The van der Waals surface area contributed by atoms with E-state index in [0.29, 0.717) is 22.6 Å². The third kappa shape index (κ3) is 5.50. The van der Waals surface area contributed by atoms with Crippen LogP contribution in [0.15, 0.2) is 66.7 Å². The van der Waals surface area contributed by atoms with Gasteiger partial charge in [0.15, 0.2) is 23.1 Å². The van der Waals surface area contributed by atoms with Gasteiger partial charge in [0, 0.05) is 17.7 Å². The molecule has 3 aromatic carbocycles. The fraction of sp³-hybridized carbons (Fsp3) is 0.143. The summed E-state index contributed by atoms with van der Waals surface area (Å²) in [6.45, 7) is 0. The number of aliphatic hydroxyl groups is 1. The van der Waals surface area contributed by atoms with Gasteiger partial charge in [0.2, 0.25) is 0 Å². The molecule has 0 radical (unpaired) electrons. The summed E-state index contributed by atoms with van der Waals surface area (Å²) in [5, 5.41) is 21.4. The molecule has 0 aromatic heterocycles. The Morgan fingerprint density at radius 2 is 1.31 bits per heavy atom. The maximum atomic E-state index is 13.1. The van der Waals surface area contributed by atoms with Gasteiger partial charge in [-0.25, -0.2) is 0 Å². The lowest BCUT2D eigenvalue weighted by Crippen LogP contribution is -2.07. The maximum Gasteiger partial charge on any atom is 0.197 e. The van der Waals surface area contributed by atoms with Gasteiger partial charge in [0.1, 0.15) is 34.1 Å². The average molecular weight is 491 g/mol. The largest absolute Gasteiger partial charge is 0.507 e. The van der Waals surface area contributed by atoms with Crippen molar-refractivity contribution >= 4 is 23.4 Å². The lowest BCUT2D eigenvalue weighted by Gasteiger charge is -2.15. The fourth-order valence-electron chi connectivity index (χ4n) is 3.52. The Kier molecular flexibility index (Phi) is 8.35. The Hall–Kier alpha value is -4.72. The maximum absolute atomic E-state index is 13.1. The van der Waals surface area contributed by atoms with Crippen LogP contribution in [0.1, 0.15) is 31.8 Å². The molecule has 0 bridgehead atoms. The van der Waals surface area contributed by atoms with E-state index in [4.69, 9.17) is 18.9 Å². The molecule has 0 aliphatic rings. The first-order valence-electron chi connectivity index (χ1n) is 10.8. The number of methoxy groups -OCH3 is 4. The van der Waals surface area contributed by atoms with Crippen LogP contribution >= 0.6 is 0 Å². The molecule has 36 heavy (non-hydrogen) atoms. The van der Waals surface area contributed by atoms with Crippen LogP contribution < -0.4 is 18.9 Å². The van der Waals surface area contributed by atoms with E-state index in [9.17, 15) is 19.8 Å². The van der Waals surface area contributed by atoms with Crippen molar-refractivity contribution in [3.05, 3.63) is 89.0 Å². The number of hydrogen-bond donors (Lipinski definition) is 2. The number of carbonyl (C=O) groups excluding carboxylic acids is 2. The molecule has 186 valence electrons. The molecule has 0 aliphatic heterocycles. The molecular formula is C28H26O8. The number of phenols is 1. The summed E-state index contributed by atoms with van der Waals surface area (Å²) in [7, 11) is 5.65. The quantitative estimate of drug-likeness (QED) is 0.229. The van der Waals surface area contributed by atoms with E-state index in [2.05, 4.69) is 0 Å². The van der Waals surface area contributed by atoms with Gasteiger partial charge in [-0.3, -0.25) is 9.59 Å². The molecule has 0 spiro atoms. The van der Waals surface area contributed by atoms with Crippen LogP contribution in [0, 0.1) is 0 Å². The second-order valence-corrected chi connectivity index (χ2v) is 7.45. The number of ether oxygens (including phenoxy) is 4. The van der Waals surface area contributed by atoms with Crippen LogP contribution in [0.3, 0.4) is 0 Å². The highest BCUT2D eigenvalue weighted by Crippen LogP contribution is 2.40. The second kappa shape index (κ2) is 11.6. The van der Waals surface area contributed by atoms with E-state index in [1.54, 1.807) is 48.5 Å². The highest BCUT2D eigenvalue weighted by atomic mass is 16.5. The van der Waals surface area contributed by atoms with E-state index in [-0.39, 0.29) is 28.4 Å². The topological polar surface area (TPSA) is 112 Å². The van der Waals surface area contributed by atoms with Crippen molar-refractivity contribution in [2.24, 2.45) is 0 Å². The molecule has 0 amide bonds. The molecule has 8 heteroatoms. The van der Waals surface area contributed by atoms with Gasteiger partial charge >= 0.3 is 0 Å². The number of aliphatic hydroxyl groups excluding tert-OH is 1. The van der Waals surface area contributed by atoms with Gasteiger partial charge in [-0.1, -0.05) is 42.5 Å².